The van der Waals surface area contributed by atoms with Gasteiger partial charge >= 0.3 is 5.97 Å². The number of rotatable bonds is 4. The quantitative estimate of drug-likeness (QED) is 0.325. The van der Waals surface area contributed by atoms with Crippen molar-refractivity contribution in [3.05, 3.63) is 87.6 Å². The number of imidazole rings is 1. The van der Waals surface area contributed by atoms with Crippen molar-refractivity contribution in [2.24, 2.45) is 0 Å². The Morgan fingerprint density at radius 3 is 2.88 bits per heavy atom. The van der Waals surface area contributed by atoms with Gasteiger partial charge in [0.15, 0.2) is 0 Å². The van der Waals surface area contributed by atoms with Crippen LogP contribution in [0.2, 0.25) is 5.28 Å². The highest BCUT2D eigenvalue weighted by Gasteiger charge is 2.28. The molecule has 8 nitrogen and oxygen atoms in total. The Morgan fingerprint density at radius 1 is 1.24 bits per heavy atom. The second kappa shape index (κ2) is 7.32. The zero-order chi connectivity index (χ0) is 23.6. The Labute approximate surface area is 194 Å². The Morgan fingerprint density at radius 2 is 2.09 bits per heavy atom. The van der Waals surface area contributed by atoms with Crippen LogP contribution in [0.4, 0.5) is 4.39 Å². The van der Waals surface area contributed by atoms with Gasteiger partial charge in [0, 0.05) is 18.3 Å². The number of hydrogen-bond donors (Lipinski definition) is 3. The average molecular weight is 477 g/mol. The van der Waals surface area contributed by atoms with Crippen LogP contribution in [0, 0.1) is 5.82 Å². The lowest BCUT2D eigenvalue weighted by Gasteiger charge is -2.10. The number of nitrogens with one attached hydrogen (secondary N) is 2. The van der Waals surface area contributed by atoms with Crippen LogP contribution in [0.15, 0.2) is 64.1 Å². The molecule has 2 aromatic carbocycles. The third-order valence-corrected chi connectivity index (χ3v) is 6.04. The topological polar surface area (TPSA) is 117 Å². The highest BCUT2D eigenvalue weighted by atomic mass is 35.5. The lowest BCUT2D eigenvalue weighted by molar-refractivity contribution is 0.0687. The van der Waals surface area contributed by atoms with Crippen molar-refractivity contribution in [3.63, 3.8) is 0 Å². The van der Waals surface area contributed by atoms with Gasteiger partial charge in [-0.3, -0.25) is 4.79 Å². The third-order valence-electron chi connectivity index (χ3n) is 5.86. The monoisotopic (exact) mass is 476 g/mol. The molecule has 34 heavy (non-hydrogen) atoms. The second-order valence-electron chi connectivity index (χ2n) is 7.82. The molecule has 6 rings (SSSR count). The standard InChI is InChI=1S/C24H14ClFN4O4/c25-24-28-15-4-3-11(8-16(15)29-24)10-30-17-9-14(26)12-5-7-34-21(12)19(17)18(20(30)23(32)33)13-2-1-6-27-22(13)31/h1-9H,10H2,(H,27,31)(H,28,29)(H,32,33). The number of nitrogens with zero attached hydrogens (tertiary/aromatic N) is 2. The lowest BCUT2D eigenvalue weighted by atomic mass is 10.0. The number of carboxylic acid groups (broad SMARTS) is 1. The number of pyridine rings is 1. The van der Waals surface area contributed by atoms with E-state index in [-0.39, 0.29) is 39.6 Å². The van der Waals surface area contributed by atoms with Crippen molar-refractivity contribution >= 4 is 50.5 Å². The zero-order valence-electron chi connectivity index (χ0n) is 17.2. The molecule has 4 aromatic heterocycles. The molecule has 0 aliphatic heterocycles. The molecule has 0 atom stereocenters. The van der Waals surface area contributed by atoms with Crippen molar-refractivity contribution in [1.29, 1.82) is 0 Å². The summed E-state index contributed by atoms with van der Waals surface area (Å²) in [6.07, 6.45) is 2.79. The highest BCUT2D eigenvalue weighted by molar-refractivity contribution is 6.29. The Kier molecular flexibility index (Phi) is 4.36. The molecule has 0 saturated carbocycles. The fraction of sp³-hybridized carbons (Fsp3) is 0.0417. The SMILES string of the molecule is O=C(O)c1c(-c2ccc[nH]c2=O)c2c3occc3c(F)cc2n1Cc1ccc2nc(Cl)[nH]c2c1. The fourth-order valence-corrected chi connectivity index (χ4v) is 4.67. The van der Waals surface area contributed by atoms with Crippen LogP contribution in [0.5, 0.6) is 0 Å². The van der Waals surface area contributed by atoms with Crippen LogP contribution in [-0.2, 0) is 6.54 Å². The van der Waals surface area contributed by atoms with E-state index in [2.05, 4.69) is 15.0 Å². The molecule has 168 valence electrons. The number of benzene rings is 2. The number of aromatic nitrogens is 4. The predicted octanol–water partition coefficient (Wildman–Crippen LogP) is 5.16. The number of aromatic amines is 2. The van der Waals surface area contributed by atoms with Crippen LogP contribution >= 0.6 is 11.6 Å². The number of furan rings is 1. The summed E-state index contributed by atoms with van der Waals surface area (Å²) in [5.74, 6) is -1.82. The molecule has 3 N–H and O–H groups in total. The van der Waals surface area contributed by atoms with Gasteiger partial charge in [0.25, 0.3) is 5.56 Å². The van der Waals surface area contributed by atoms with Crippen LogP contribution in [0.25, 0.3) is 44.0 Å². The van der Waals surface area contributed by atoms with E-state index in [0.717, 1.165) is 5.56 Å². The summed E-state index contributed by atoms with van der Waals surface area (Å²) in [4.78, 5) is 35.0. The summed E-state index contributed by atoms with van der Waals surface area (Å²) in [7, 11) is 0. The summed E-state index contributed by atoms with van der Waals surface area (Å²) < 4.78 is 22.0. The van der Waals surface area contributed by atoms with E-state index >= 15 is 0 Å². The number of aromatic carboxylic acids is 1. The van der Waals surface area contributed by atoms with E-state index < -0.39 is 17.3 Å². The van der Waals surface area contributed by atoms with E-state index in [1.165, 1.54) is 35.2 Å². The van der Waals surface area contributed by atoms with E-state index in [4.69, 9.17) is 16.0 Å². The van der Waals surface area contributed by atoms with E-state index in [9.17, 15) is 19.1 Å². The molecule has 10 heteroatoms. The molecule has 0 aliphatic carbocycles. The van der Waals surface area contributed by atoms with Gasteiger partial charge in [0.2, 0.25) is 5.28 Å². The highest BCUT2D eigenvalue weighted by Crippen LogP contribution is 2.40. The minimum atomic E-state index is -1.26. The molecule has 0 unspecified atom stereocenters. The van der Waals surface area contributed by atoms with E-state index in [1.807, 2.05) is 0 Å². The minimum Gasteiger partial charge on any atom is -0.477 e. The first-order valence-electron chi connectivity index (χ1n) is 10.2. The first-order valence-corrected chi connectivity index (χ1v) is 10.6. The number of carboxylic acids is 1. The van der Waals surface area contributed by atoms with Gasteiger partial charge in [-0.05, 0) is 53.6 Å². The molecular formula is C24H14ClFN4O4. The molecule has 6 aromatic rings. The minimum absolute atomic E-state index is 0.0844. The lowest BCUT2D eigenvalue weighted by Crippen LogP contribution is -2.13. The van der Waals surface area contributed by atoms with Crippen LogP contribution in [-0.4, -0.2) is 30.6 Å². The number of hydrogen-bond acceptors (Lipinski definition) is 4. The maximum Gasteiger partial charge on any atom is 0.353 e. The van der Waals surface area contributed by atoms with Gasteiger partial charge < -0.3 is 24.1 Å². The smallest absolute Gasteiger partial charge is 0.353 e. The van der Waals surface area contributed by atoms with Gasteiger partial charge in [-0.25, -0.2) is 14.2 Å². The Bertz CT molecular complexity index is 1830. The average Bonchev–Trinajstić information content (AvgIpc) is 3.49. The van der Waals surface area contributed by atoms with Gasteiger partial charge in [0.05, 0.1) is 39.1 Å². The van der Waals surface area contributed by atoms with Crippen molar-refractivity contribution in [1.82, 2.24) is 19.5 Å². The first-order chi connectivity index (χ1) is 16.4. The van der Waals surface area contributed by atoms with Crippen molar-refractivity contribution in [3.8, 4) is 11.1 Å². The summed E-state index contributed by atoms with van der Waals surface area (Å²) in [6.45, 7) is 0.0844. The summed E-state index contributed by atoms with van der Waals surface area (Å²) in [6, 6.07) is 11.2. The summed E-state index contributed by atoms with van der Waals surface area (Å²) in [5, 5.41) is 11.0. The molecule has 0 amide bonds. The van der Waals surface area contributed by atoms with Gasteiger partial charge in [-0.2, -0.15) is 0 Å². The van der Waals surface area contributed by atoms with Crippen LogP contribution < -0.4 is 5.56 Å². The maximum atomic E-state index is 15.0. The molecule has 0 saturated heterocycles. The van der Waals surface area contributed by atoms with E-state index in [1.54, 1.807) is 24.3 Å². The Balaban J connectivity index is 1.71. The molecule has 0 fully saturated rings. The molecule has 0 spiro atoms. The van der Waals surface area contributed by atoms with E-state index in [0.29, 0.717) is 21.9 Å². The van der Waals surface area contributed by atoms with Crippen molar-refractivity contribution < 1.29 is 18.7 Å². The number of H-pyrrole nitrogens is 2. The van der Waals surface area contributed by atoms with Gasteiger partial charge in [0.1, 0.15) is 17.1 Å². The number of fused-ring (bicyclic) bond motifs is 4. The first kappa shape index (κ1) is 20.3. The van der Waals surface area contributed by atoms with Crippen molar-refractivity contribution in [2.45, 2.75) is 6.54 Å². The molecular weight excluding hydrogens is 463 g/mol. The number of carbonyl (C=O) groups is 1. The van der Waals surface area contributed by atoms with Crippen molar-refractivity contribution in [2.75, 3.05) is 0 Å². The summed E-state index contributed by atoms with van der Waals surface area (Å²) in [5.41, 5.74) is 2.20. The zero-order valence-corrected chi connectivity index (χ0v) is 18.0. The summed E-state index contributed by atoms with van der Waals surface area (Å²) >= 11 is 5.95. The van der Waals surface area contributed by atoms with Crippen LogP contribution in [0.1, 0.15) is 16.1 Å². The second-order valence-corrected chi connectivity index (χ2v) is 8.18. The molecule has 4 heterocycles. The third kappa shape index (κ3) is 2.94. The molecule has 0 bridgehead atoms. The largest absolute Gasteiger partial charge is 0.477 e. The molecule has 0 radical (unpaired) electrons. The predicted molar refractivity (Wildman–Crippen MR) is 125 cm³/mol. The normalized spacial score (nSPS) is 11.7. The van der Waals surface area contributed by atoms with Crippen LogP contribution in [0.3, 0.4) is 0 Å². The Hall–Kier alpha value is -4.37. The fourth-order valence-electron chi connectivity index (χ4n) is 4.48. The van der Waals surface area contributed by atoms with Gasteiger partial charge in [-0.1, -0.05) is 6.07 Å². The van der Waals surface area contributed by atoms with Gasteiger partial charge in [-0.15, -0.1) is 0 Å². The molecule has 0 aliphatic rings. The number of halogens is 2. The maximum absolute atomic E-state index is 15.0.